The number of hydrogen-bond donors (Lipinski definition) is 2. The van der Waals surface area contributed by atoms with Crippen LogP contribution in [0.5, 0.6) is 0 Å². The van der Waals surface area contributed by atoms with Crippen LogP contribution in [0.15, 0.2) is 73.1 Å². The van der Waals surface area contributed by atoms with Crippen molar-refractivity contribution in [3.63, 3.8) is 0 Å². The summed E-state index contributed by atoms with van der Waals surface area (Å²) in [5.74, 6) is 0.759. The molecule has 0 unspecified atom stereocenters. The van der Waals surface area contributed by atoms with Crippen LogP contribution in [0.25, 0.3) is 16.7 Å². The van der Waals surface area contributed by atoms with Crippen molar-refractivity contribution in [2.45, 2.75) is 0 Å². The zero-order valence-electron chi connectivity index (χ0n) is 13.3. The predicted octanol–water partition coefficient (Wildman–Crippen LogP) is 3.26. The Morgan fingerprint density at radius 3 is 2.68 bits per heavy atom. The topological polar surface area (TPSA) is 85.8 Å². The largest absolute Gasteiger partial charge is 0.368 e. The average molecular weight is 329 g/mol. The molecule has 2 aromatic heterocycles. The summed E-state index contributed by atoms with van der Waals surface area (Å²) in [5.41, 5.74) is 7.96. The van der Waals surface area contributed by atoms with Crippen LogP contribution in [0.4, 0.5) is 11.6 Å². The first-order valence-electron chi connectivity index (χ1n) is 7.77. The molecule has 6 heteroatoms. The monoisotopic (exact) mass is 329 g/mol. The van der Waals surface area contributed by atoms with Crippen LogP contribution in [0.2, 0.25) is 0 Å². The van der Waals surface area contributed by atoms with E-state index in [1.165, 1.54) is 0 Å². The molecule has 0 bridgehead atoms. The van der Waals surface area contributed by atoms with E-state index in [0.717, 1.165) is 16.6 Å². The third kappa shape index (κ3) is 2.92. The van der Waals surface area contributed by atoms with Crippen molar-refractivity contribution in [3.8, 4) is 5.82 Å². The molecule has 4 rings (SSSR count). The molecule has 0 spiro atoms. The van der Waals surface area contributed by atoms with Gasteiger partial charge in [0.2, 0.25) is 5.95 Å². The SMILES string of the molecule is Nc1nccc(-n2ccc3cc(C(=O)Nc4ccccc4)ccc32)n1. The van der Waals surface area contributed by atoms with Crippen LogP contribution in [0.1, 0.15) is 10.4 Å². The highest BCUT2D eigenvalue weighted by Gasteiger charge is 2.10. The van der Waals surface area contributed by atoms with E-state index in [1.807, 2.05) is 59.3 Å². The summed E-state index contributed by atoms with van der Waals surface area (Å²) < 4.78 is 1.91. The standard InChI is InChI=1S/C19H15N5O/c20-19-21-10-8-17(23-19)24-11-9-13-12-14(6-7-16(13)24)18(25)22-15-4-2-1-3-5-15/h1-12H,(H,22,25)(H2,20,21,23). The number of rotatable bonds is 3. The Hall–Kier alpha value is -3.67. The van der Waals surface area contributed by atoms with Crippen molar-refractivity contribution in [3.05, 3.63) is 78.6 Å². The summed E-state index contributed by atoms with van der Waals surface area (Å²) in [6.45, 7) is 0. The molecule has 2 heterocycles. The van der Waals surface area contributed by atoms with Crippen molar-refractivity contribution < 1.29 is 4.79 Å². The molecule has 0 atom stereocenters. The predicted molar refractivity (Wildman–Crippen MR) is 97.7 cm³/mol. The van der Waals surface area contributed by atoms with Crippen molar-refractivity contribution in [2.24, 2.45) is 0 Å². The van der Waals surface area contributed by atoms with Crippen molar-refractivity contribution in [2.75, 3.05) is 11.1 Å². The normalized spacial score (nSPS) is 10.7. The van der Waals surface area contributed by atoms with Gasteiger partial charge in [-0.25, -0.2) is 4.98 Å². The fourth-order valence-electron chi connectivity index (χ4n) is 2.71. The third-order valence-corrected chi connectivity index (χ3v) is 3.89. The molecule has 0 radical (unpaired) electrons. The fraction of sp³-hybridized carbons (Fsp3) is 0. The van der Waals surface area contributed by atoms with E-state index >= 15 is 0 Å². The average Bonchev–Trinajstić information content (AvgIpc) is 3.06. The lowest BCUT2D eigenvalue weighted by Crippen LogP contribution is -2.11. The smallest absolute Gasteiger partial charge is 0.255 e. The number of para-hydroxylation sites is 1. The summed E-state index contributed by atoms with van der Waals surface area (Å²) in [4.78, 5) is 20.6. The number of nitrogens with zero attached hydrogens (tertiary/aromatic N) is 3. The lowest BCUT2D eigenvalue weighted by molar-refractivity contribution is 0.102. The zero-order valence-corrected chi connectivity index (χ0v) is 13.3. The summed E-state index contributed by atoms with van der Waals surface area (Å²) in [5, 5.41) is 3.83. The number of nitrogens with two attached hydrogens (primary N) is 1. The van der Waals surface area contributed by atoms with E-state index in [9.17, 15) is 4.79 Å². The van der Waals surface area contributed by atoms with E-state index in [0.29, 0.717) is 11.4 Å². The number of amides is 1. The minimum atomic E-state index is -0.146. The van der Waals surface area contributed by atoms with E-state index in [2.05, 4.69) is 15.3 Å². The Balaban J connectivity index is 1.67. The van der Waals surface area contributed by atoms with E-state index < -0.39 is 0 Å². The number of nitrogens with one attached hydrogen (secondary N) is 1. The first kappa shape index (κ1) is 14.9. The molecule has 6 nitrogen and oxygen atoms in total. The fourth-order valence-corrected chi connectivity index (χ4v) is 2.71. The van der Waals surface area contributed by atoms with Crippen LogP contribution in [-0.2, 0) is 0 Å². The Morgan fingerprint density at radius 1 is 1.04 bits per heavy atom. The van der Waals surface area contributed by atoms with Crippen LogP contribution >= 0.6 is 0 Å². The highest BCUT2D eigenvalue weighted by Crippen LogP contribution is 2.21. The van der Waals surface area contributed by atoms with E-state index in [4.69, 9.17) is 5.73 Å². The number of aromatic nitrogens is 3. The molecular formula is C19H15N5O. The minimum Gasteiger partial charge on any atom is -0.368 e. The van der Waals surface area contributed by atoms with Gasteiger partial charge in [-0.05, 0) is 42.5 Å². The molecule has 0 aliphatic carbocycles. The van der Waals surface area contributed by atoms with Gasteiger partial charge in [0.1, 0.15) is 5.82 Å². The molecule has 4 aromatic rings. The number of fused-ring (bicyclic) bond motifs is 1. The van der Waals surface area contributed by atoms with Gasteiger partial charge in [-0.1, -0.05) is 18.2 Å². The third-order valence-electron chi connectivity index (χ3n) is 3.89. The van der Waals surface area contributed by atoms with Crippen molar-refractivity contribution in [1.82, 2.24) is 14.5 Å². The lowest BCUT2D eigenvalue weighted by Gasteiger charge is -2.07. The summed E-state index contributed by atoms with van der Waals surface area (Å²) >= 11 is 0. The van der Waals surface area contributed by atoms with Crippen LogP contribution in [0, 0.1) is 0 Å². The van der Waals surface area contributed by atoms with E-state index in [-0.39, 0.29) is 11.9 Å². The second kappa shape index (κ2) is 6.09. The lowest BCUT2D eigenvalue weighted by atomic mass is 10.1. The van der Waals surface area contributed by atoms with Gasteiger partial charge < -0.3 is 15.6 Å². The van der Waals surface area contributed by atoms with Gasteiger partial charge in [0.25, 0.3) is 5.91 Å². The van der Waals surface area contributed by atoms with Crippen LogP contribution < -0.4 is 11.1 Å². The number of anilines is 2. The molecular weight excluding hydrogens is 314 g/mol. The highest BCUT2D eigenvalue weighted by atomic mass is 16.1. The van der Waals surface area contributed by atoms with Crippen molar-refractivity contribution in [1.29, 1.82) is 0 Å². The number of benzene rings is 2. The van der Waals surface area contributed by atoms with Crippen molar-refractivity contribution >= 4 is 28.4 Å². The molecule has 0 saturated heterocycles. The van der Waals surface area contributed by atoms with Crippen LogP contribution in [-0.4, -0.2) is 20.4 Å². The molecule has 0 fully saturated rings. The molecule has 25 heavy (non-hydrogen) atoms. The van der Waals surface area contributed by atoms with Crippen LogP contribution in [0.3, 0.4) is 0 Å². The molecule has 122 valence electrons. The van der Waals surface area contributed by atoms with Gasteiger partial charge in [-0.2, -0.15) is 4.98 Å². The number of carbonyl (C=O) groups is 1. The minimum absolute atomic E-state index is 0.146. The molecule has 3 N–H and O–H groups in total. The zero-order chi connectivity index (χ0) is 17.2. The number of nitrogen functional groups attached to an aromatic ring is 1. The summed E-state index contributed by atoms with van der Waals surface area (Å²) in [6, 6.07) is 18.6. The maximum absolute atomic E-state index is 12.4. The van der Waals surface area contributed by atoms with Gasteiger partial charge in [-0.15, -0.1) is 0 Å². The van der Waals surface area contributed by atoms with Gasteiger partial charge in [0, 0.05) is 29.0 Å². The van der Waals surface area contributed by atoms with Gasteiger partial charge in [0.15, 0.2) is 0 Å². The second-order valence-corrected chi connectivity index (χ2v) is 5.55. The maximum Gasteiger partial charge on any atom is 0.255 e. The first-order valence-corrected chi connectivity index (χ1v) is 7.77. The van der Waals surface area contributed by atoms with E-state index in [1.54, 1.807) is 18.3 Å². The number of carbonyl (C=O) groups excluding carboxylic acids is 1. The molecule has 0 aliphatic rings. The Kier molecular flexibility index (Phi) is 3.63. The Morgan fingerprint density at radius 2 is 1.88 bits per heavy atom. The number of hydrogen-bond acceptors (Lipinski definition) is 4. The molecule has 2 aromatic carbocycles. The quantitative estimate of drug-likeness (QED) is 0.604. The van der Waals surface area contributed by atoms with Gasteiger partial charge >= 0.3 is 0 Å². The highest BCUT2D eigenvalue weighted by molar-refractivity contribution is 6.06. The summed E-state index contributed by atoms with van der Waals surface area (Å²) in [7, 11) is 0. The Labute approximate surface area is 144 Å². The Bertz CT molecular complexity index is 1060. The molecule has 1 amide bonds. The molecule has 0 aliphatic heterocycles. The second-order valence-electron chi connectivity index (χ2n) is 5.55. The summed E-state index contributed by atoms with van der Waals surface area (Å²) in [6.07, 6.45) is 3.51. The first-order chi connectivity index (χ1) is 12.2. The van der Waals surface area contributed by atoms with Gasteiger partial charge in [0.05, 0.1) is 5.52 Å². The molecule has 0 saturated carbocycles. The maximum atomic E-state index is 12.4. The van der Waals surface area contributed by atoms with Gasteiger partial charge in [-0.3, -0.25) is 4.79 Å².